The van der Waals surface area contributed by atoms with E-state index in [1.807, 2.05) is 0 Å². The Balaban J connectivity index is 0.000000218. The first-order valence-electron chi connectivity index (χ1n) is 16.3. The summed E-state index contributed by atoms with van der Waals surface area (Å²) in [7, 11) is 0. The number of carbonyl (C=O) groups is 2. The summed E-state index contributed by atoms with van der Waals surface area (Å²) in [6.07, 6.45) is -2.93. The van der Waals surface area contributed by atoms with Crippen LogP contribution in [0.5, 0.6) is 23.0 Å². The molecule has 4 amide bonds. The predicted octanol–water partition coefficient (Wildman–Crippen LogP) is 12.2. The van der Waals surface area contributed by atoms with E-state index >= 15 is 0 Å². The number of benzene rings is 4. The Hall–Kier alpha value is -6.88. The number of rotatable bonds is 8. The topological polar surface area (TPSA) is 126 Å². The van der Waals surface area contributed by atoms with Gasteiger partial charge in [-0.2, -0.15) is 26.3 Å². The molecule has 4 aromatic carbocycles. The fourth-order valence-electron chi connectivity index (χ4n) is 4.72. The van der Waals surface area contributed by atoms with Crippen LogP contribution in [0.1, 0.15) is 16.7 Å². The maximum Gasteiger partial charge on any atom is 0.417 e. The number of aromatic nitrogens is 2. The largest absolute Gasteiger partial charge is 0.457 e. The third-order valence-electron chi connectivity index (χ3n) is 7.39. The second-order valence-electron chi connectivity index (χ2n) is 11.6. The van der Waals surface area contributed by atoms with Crippen molar-refractivity contribution in [1.29, 1.82) is 0 Å². The number of anilines is 4. The van der Waals surface area contributed by atoms with Gasteiger partial charge in [0.1, 0.15) is 28.8 Å². The van der Waals surface area contributed by atoms with Gasteiger partial charge in [-0.05, 0) is 116 Å². The first-order chi connectivity index (χ1) is 27.0. The summed E-state index contributed by atoms with van der Waals surface area (Å²) < 4.78 is 102. The van der Waals surface area contributed by atoms with Crippen molar-refractivity contribution in [2.45, 2.75) is 19.3 Å². The number of ether oxygens (including phenoxy) is 2. The molecule has 0 saturated carbocycles. The maximum atomic E-state index is 13.7. The third-order valence-corrected chi connectivity index (χ3v) is 7.71. The molecular weight excluding hydrogens is 785 g/mol. The van der Waals surface area contributed by atoms with Crippen molar-refractivity contribution in [3.63, 3.8) is 0 Å². The molecule has 0 unspecified atom stereocenters. The van der Waals surface area contributed by atoms with Gasteiger partial charge in [0.05, 0.1) is 28.0 Å². The van der Waals surface area contributed by atoms with Crippen LogP contribution in [-0.4, -0.2) is 22.0 Å². The van der Waals surface area contributed by atoms with Crippen LogP contribution >= 0.6 is 11.6 Å². The van der Waals surface area contributed by atoms with Crippen LogP contribution in [0.3, 0.4) is 0 Å². The molecule has 0 bridgehead atoms. The molecule has 0 aliphatic carbocycles. The highest BCUT2D eigenvalue weighted by Gasteiger charge is 2.33. The normalized spacial score (nSPS) is 11.0. The average molecular weight is 813 g/mol. The van der Waals surface area contributed by atoms with Gasteiger partial charge in [-0.15, -0.1) is 0 Å². The molecule has 0 aliphatic rings. The van der Waals surface area contributed by atoms with Gasteiger partial charge < -0.3 is 30.7 Å². The van der Waals surface area contributed by atoms with Gasteiger partial charge >= 0.3 is 24.4 Å². The first-order valence-corrected chi connectivity index (χ1v) is 16.7. The van der Waals surface area contributed by atoms with Crippen molar-refractivity contribution in [3.8, 4) is 23.0 Å². The van der Waals surface area contributed by atoms with Crippen LogP contribution < -0.4 is 30.7 Å². The molecular formula is C39H28ClF7N6O4. The van der Waals surface area contributed by atoms with Gasteiger partial charge in [-0.1, -0.05) is 11.6 Å². The molecule has 4 N–H and O–H groups in total. The molecule has 18 heteroatoms. The Bertz CT molecular complexity index is 2320. The number of halogens is 8. The van der Waals surface area contributed by atoms with Gasteiger partial charge in [0.2, 0.25) is 0 Å². The average Bonchev–Trinajstić information content (AvgIpc) is 3.15. The van der Waals surface area contributed by atoms with Gasteiger partial charge in [-0.25, -0.2) is 14.0 Å². The highest BCUT2D eigenvalue weighted by molar-refractivity contribution is 6.31. The summed E-state index contributed by atoms with van der Waals surface area (Å²) in [4.78, 5) is 32.0. The molecule has 2 aromatic heterocycles. The lowest BCUT2D eigenvalue weighted by molar-refractivity contribution is -0.138. The zero-order valence-electron chi connectivity index (χ0n) is 29.2. The number of carbonyl (C=O) groups excluding carboxylic acids is 2. The van der Waals surface area contributed by atoms with Crippen LogP contribution in [0, 0.1) is 12.7 Å². The van der Waals surface area contributed by atoms with Crippen molar-refractivity contribution < 1.29 is 49.8 Å². The zero-order valence-corrected chi connectivity index (χ0v) is 29.9. The summed E-state index contributed by atoms with van der Waals surface area (Å²) in [5.74, 6) is 1.21. The summed E-state index contributed by atoms with van der Waals surface area (Å²) in [6, 6.07) is 21.4. The summed E-state index contributed by atoms with van der Waals surface area (Å²) in [5.41, 5.74) is -1.18. The number of hydrogen-bond acceptors (Lipinski definition) is 6. The number of nitrogens with zero attached hydrogens (tertiary/aromatic N) is 2. The van der Waals surface area contributed by atoms with E-state index in [1.165, 1.54) is 18.2 Å². The smallest absolute Gasteiger partial charge is 0.417 e. The standard InChI is InChI=1S/C20H15ClF3N3O2.C19H13F4N3O2/c1-12-9-14(29-15-3-2-8-25-11-15)5-7-18(12)27-19(28)26-13-4-6-17(21)16(10-13)20(22,23)24;20-16-6-1-12(19(21,22)23)11-17(16)26-18(27)25-13-2-4-14(5-3-13)28-15-7-9-24-10-8-15/h2-11H,1H3,(H2,26,27,28);1-11H,(H2,25,26,27). The number of nitrogens with one attached hydrogen (secondary N) is 4. The Labute approximate surface area is 324 Å². The second kappa shape index (κ2) is 18.2. The highest BCUT2D eigenvalue weighted by atomic mass is 35.5. The summed E-state index contributed by atoms with van der Waals surface area (Å²) in [5, 5.41) is 8.98. The minimum Gasteiger partial charge on any atom is -0.457 e. The first kappa shape index (κ1) is 41.3. The number of alkyl halides is 6. The van der Waals surface area contributed by atoms with Crippen LogP contribution in [0.2, 0.25) is 5.02 Å². The number of pyridine rings is 2. The van der Waals surface area contributed by atoms with E-state index in [9.17, 15) is 40.3 Å². The van der Waals surface area contributed by atoms with E-state index in [1.54, 1.807) is 86.3 Å². The molecule has 10 nitrogen and oxygen atoms in total. The molecule has 0 saturated heterocycles. The monoisotopic (exact) mass is 812 g/mol. The van der Waals surface area contributed by atoms with E-state index in [-0.39, 0.29) is 5.69 Å². The quantitative estimate of drug-likeness (QED) is 0.113. The minimum absolute atomic E-state index is 0.0339. The van der Waals surface area contributed by atoms with E-state index < -0.39 is 52.1 Å². The molecule has 0 aliphatic heterocycles. The van der Waals surface area contributed by atoms with Gasteiger partial charge in [0.15, 0.2) is 0 Å². The van der Waals surface area contributed by atoms with Gasteiger partial charge in [-0.3, -0.25) is 9.97 Å². The number of amides is 4. The van der Waals surface area contributed by atoms with Gasteiger partial charge in [0, 0.05) is 35.7 Å². The zero-order chi connectivity index (χ0) is 41.2. The molecule has 2 heterocycles. The molecule has 294 valence electrons. The molecule has 0 fully saturated rings. The number of hydrogen-bond donors (Lipinski definition) is 4. The Morgan fingerprint density at radius 3 is 1.84 bits per heavy atom. The van der Waals surface area contributed by atoms with E-state index in [4.69, 9.17) is 21.1 Å². The van der Waals surface area contributed by atoms with Crippen molar-refractivity contribution in [1.82, 2.24) is 9.97 Å². The molecule has 6 rings (SSSR count). The van der Waals surface area contributed by atoms with Crippen LogP contribution in [0.15, 0.2) is 128 Å². The van der Waals surface area contributed by atoms with Crippen molar-refractivity contribution in [2.24, 2.45) is 0 Å². The lowest BCUT2D eigenvalue weighted by Gasteiger charge is -2.14. The molecule has 57 heavy (non-hydrogen) atoms. The summed E-state index contributed by atoms with van der Waals surface area (Å²) >= 11 is 5.58. The predicted molar refractivity (Wildman–Crippen MR) is 199 cm³/mol. The number of urea groups is 2. The van der Waals surface area contributed by atoms with Crippen molar-refractivity contribution in [3.05, 3.63) is 155 Å². The van der Waals surface area contributed by atoms with E-state index in [0.717, 1.165) is 12.1 Å². The Kier molecular flexibility index (Phi) is 13.2. The molecule has 0 atom stereocenters. The highest BCUT2D eigenvalue weighted by Crippen LogP contribution is 2.36. The van der Waals surface area contributed by atoms with Gasteiger partial charge in [0.25, 0.3) is 0 Å². The Morgan fingerprint density at radius 1 is 0.596 bits per heavy atom. The maximum absolute atomic E-state index is 13.7. The molecule has 6 aromatic rings. The molecule has 0 radical (unpaired) electrons. The molecule has 0 spiro atoms. The van der Waals surface area contributed by atoms with Crippen LogP contribution in [0.4, 0.5) is 63.1 Å². The SMILES string of the molecule is Cc1cc(Oc2cccnc2)ccc1NC(=O)Nc1ccc(Cl)c(C(F)(F)F)c1.O=C(Nc1ccc(Oc2ccncc2)cc1)Nc1cc(C(F)(F)F)ccc1F. The lowest BCUT2D eigenvalue weighted by Crippen LogP contribution is -2.20. The minimum atomic E-state index is -4.65. The fourth-order valence-corrected chi connectivity index (χ4v) is 4.94. The van der Waals surface area contributed by atoms with E-state index in [2.05, 4.69) is 31.2 Å². The lowest BCUT2D eigenvalue weighted by atomic mass is 10.2. The fraction of sp³-hybridized carbons (Fsp3) is 0.0769. The summed E-state index contributed by atoms with van der Waals surface area (Å²) in [6.45, 7) is 1.76. The van der Waals surface area contributed by atoms with Crippen LogP contribution in [0.25, 0.3) is 0 Å². The third kappa shape index (κ3) is 12.3. The van der Waals surface area contributed by atoms with Crippen molar-refractivity contribution >= 4 is 46.4 Å². The van der Waals surface area contributed by atoms with E-state index in [0.29, 0.717) is 58.1 Å². The van der Waals surface area contributed by atoms with Crippen LogP contribution in [-0.2, 0) is 12.4 Å². The Morgan fingerprint density at radius 2 is 1.21 bits per heavy atom. The van der Waals surface area contributed by atoms with Crippen molar-refractivity contribution in [2.75, 3.05) is 21.3 Å². The second-order valence-corrected chi connectivity index (χ2v) is 12.0. The number of aryl methyl sites for hydroxylation is 1.